The number of benzene rings is 1. The van der Waals surface area contributed by atoms with Gasteiger partial charge in [-0.25, -0.2) is 0 Å². The molecule has 0 aliphatic heterocycles. The van der Waals surface area contributed by atoms with E-state index in [0.717, 1.165) is 16.5 Å². The van der Waals surface area contributed by atoms with Gasteiger partial charge in [0.05, 0.1) is 0 Å². The maximum Gasteiger partial charge on any atom is 0.273 e. The number of aromatic amines is 2. The number of hydrogen-bond acceptors (Lipinski definition) is 4. The lowest BCUT2D eigenvalue weighted by Gasteiger charge is -2.04. The van der Waals surface area contributed by atoms with Gasteiger partial charge in [-0.15, -0.1) is 10.2 Å². The first-order chi connectivity index (χ1) is 9.63. The highest BCUT2D eigenvalue weighted by molar-refractivity contribution is 6.31. The number of halogens is 1. The Hall–Kier alpha value is -2.34. The highest BCUT2D eigenvalue weighted by Crippen LogP contribution is 2.22. The van der Waals surface area contributed by atoms with Crippen LogP contribution in [-0.4, -0.2) is 20.2 Å². The van der Waals surface area contributed by atoms with Gasteiger partial charge in [-0.2, -0.15) is 0 Å². The molecule has 0 saturated heterocycles. The summed E-state index contributed by atoms with van der Waals surface area (Å²) in [5.74, 6) is 0.344. The molecule has 0 fully saturated rings. The van der Waals surface area contributed by atoms with Crippen LogP contribution in [0.15, 0.2) is 29.2 Å². The van der Waals surface area contributed by atoms with E-state index in [-0.39, 0.29) is 5.56 Å². The molecule has 3 aromatic rings. The topological polar surface area (TPSA) is 86.5 Å². The minimum absolute atomic E-state index is 0.246. The van der Waals surface area contributed by atoms with Crippen LogP contribution in [0, 0.1) is 6.92 Å². The fourth-order valence-corrected chi connectivity index (χ4v) is 2.12. The van der Waals surface area contributed by atoms with Crippen LogP contribution in [0.4, 0.5) is 5.95 Å². The summed E-state index contributed by atoms with van der Waals surface area (Å²) in [4.78, 5) is 17.2. The molecule has 0 atom stereocenters. The molecule has 0 bridgehead atoms. The summed E-state index contributed by atoms with van der Waals surface area (Å²) in [6.45, 7) is 2.12. The molecule has 3 N–H and O–H groups in total. The Morgan fingerprint density at radius 3 is 3.00 bits per heavy atom. The third-order valence-corrected chi connectivity index (χ3v) is 3.27. The van der Waals surface area contributed by atoms with Gasteiger partial charge in [0.15, 0.2) is 0 Å². The van der Waals surface area contributed by atoms with Crippen molar-refractivity contribution in [3.05, 3.63) is 51.0 Å². The molecular weight excluding hydrogens is 278 g/mol. The van der Waals surface area contributed by atoms with Crippen LogP contribution in [-0.2, 0) is 6.54 Å². The number of nitrogens with one attached hydrogen (secondary N) is 3. The number of nitrogens with zero attached hydrogens (tertiary/aromatic N) is 2. The van der Waals surface area contributed by atoms with E-state index in [9.17, 15) is 4.79 Å². The third kappa shape index (κ3) is 2.37. The van der Waals surface area contributed by atoms with Gasteiger partial charge in [-0.05, 0) is 30.7 Å². The quantitative estimate of drug-likeness (QED) is 0.690. The average Bonchev–Trinajstić information content (AvgIpc) is 2.82. The van der Waals surface area contributed by atoms with Crippen molar-refractivity contribution in [2.45, 2.75) is 13.5 Å². The van der Waals surface area contributed by atoms with Crippen molar-refractivity contribution in [3.63, 3.8) is 0 Å². The molecule has 7 heteroatoms. The summed E-state index contributed by atoms with van der Waals surface area (Å²) < 4.78 is 0. The molecule has 102 valence electrons. The predicted octanol–water partition coefficient (Wildman–Crippen LogP) is 2.22. The van der Waals surface area contributed by atoms with Gasteiger partial charge in [0.25, 0.3) is 5.56 Å². The lowest BCUT2D eigenvalue weighted by molar-refractivity contribution is 0.889. The second-order valence-corrected chi connectivity index (χ2v) is 4.88. The zero-order valence-electron chi connectivity index (χ0n) is 10.7. The van der Waals surface area contributed by atoms with Crippen LogP contribution in [0.3, 0.4) is 0 Å². The summed E-state index contributed by atoms with van der Waals surface area (Å²) in [6.07, 6.45) is 1.90. The van der Waals surface area contributed by atoms with Gasteiger partial charge in [0, 0.05) is 28.7 Å². The van der Waals surface area contributed by atoms with Crippen molar-refractivity contribution in [2.24, 2.45) is 0 Å². The fourth-order valence-electron chi connectivity index (χ4n) is 1.95. The fraction of sp³-hybridized carbons (Fsp3) is 0.154. The van der Waals surface area contributed by atoms with E-state index < -0.39 is 0 Å². The van der Waals surface area contributed by atoms with Crippen molar-refractivity contribution < 1.29 is 0 Å². The van der Waals surface area contributed by atoms with Crippen LogP contribution in [0.25, 0.3) is 10.9 Å². The lowest BCUT2D eigenvalue weighted by atomic mass is 10.2. The zero-order valence-corrected chi connectivity index (χ0v) is 11.5. The Morgan fingerprint density at radius 1 is 1.35 bits per heavy atom. The van der Waals surface area contributed by atoms with E-state index in [4.69, 9.17) is 11.6 Å². The average molecular weight is 290 g/mol. The van der Waals surface area contributed by atoms with E-state index in [1.807, 2.05) is 24.4 Å². The summed E-state index contributed by atoms with van der Waals surface area (Å²) >= 11 is 6.00. The second kappa shape index (κ2) is 4.97. The molecule has 0 saturated carbocycles. The SMILES string of the molecule is Cc1nnc(NCc2c[nH]c3ccc(Cl)cc23)[nH]c1=O. The largest absolute Gasteiger partial charge is 0.361 e. The number of hydrogen-bond donors (Lipinski definition) is 3. The monoisotopic (exact) mass is 289 g/mol. The first-order valence-corrected chi connectivity index (χ1v) is 6.44. The Morgan fingerprint density at radius 2 is 2.20 bits per heavy atom. The van der Waals surface area contributed by atoms with Crippen LogP contribution >= 0.6 is 11.6 Å². The first kappa shape index (κ1) is 12.7. The molecular formula is C13H12ClN5O. The molecule has 0 aliphatic carbocycles. The van der Waals surface area contributed by atoms with Crippen LogP contribution in [0.5, 0.6) is 0 Å². The number of H-pyrrole nitrogens is 2. The highest BCUT2D eigenvalue weighted by atomic mass is 35.5. The van der Waals surface area contributed by atoms with E-state index in [2.05, 4.69) is 25.5 Å². The number of fused-ring (bicyclic) bond motifs is 1. The Kier molecular flexibility index (Phi) is 3.15. The first-order valence-electron chi connectivity index (χ1n) is 6.06. The molecule has 1 aromatic carbocycles. The van der Waals surface area contributed by atoms with Crippen molar-refractivity contribution in [1.82, 2.24) is 20.2 Å². The normalized spacial score (nSPS) is 10.9. The lowest BCUT2D eigenvalue weighted by Crippen LogP contribution is -2.16. The Bertz CT molecular complexity index is 823. The molecule has 0 radical (unpaired) electrons. The highest BCUT2D eigenvalue weighted by Gasteiger charge is 2.05. The molecule has 0 aliphatic rings. The number of rotatable bonds is 3. The molecule has 3 rings (SSSR count). The molecule has 0 amide bonds. The molecule has 2 heterocycles. The van der Waals surface area contributed by atoms with Gasteiger partial charge in [-0.3, -0.25) is 9.78 Å². The van der Waals surface area contributed by atoms with Gasteiger partial charge in [0.1, 0.15) is 5.69 Å². The summed E-state index contributed by atoms with van der Waals surface area (Å²) in [5, 5.41) is 12.4. The smallest absolute Gasteiger partial charge is 0.273 e. The molecule has 6 nitrogen and oxygen atoms in total. The standard InChI is InChI=1S/C13H12ClN5O/c1-7-12(20)17-13(19-18-7)16-6-8-5-15-11-3-2-9(14)4-10(8)11/h2-5,15H,6H2,1H3,(H2,16,17,19,20). The molecule has 0 spiro atoms. The van der Waals surface area contributed by atoms with Crippen molar-refractivity contribution in [1.29, 1.82) is 0 Å². The van der Waals surface area contributed by atoms with Gasteiger partial charge in [-0.1, -0.05) is 11.6 Å². The van der Waals surface area contributed by atoms with Crippen LogP contribution < -0.4 is 10.9 Å². The van der Waals surface area contributed by atoms with Crippen molar-refractivity contribution in [2.75, 3.05) is 5.32 Å². The molecule has 2 aromatic heterocycles. The predicted molar refractivity (Wildman–Crippen MR) is 78.0 cm³/mol. The number of aromatic nitrogens is 4. The maximum atomic E-state index is 11.4. The number of aryl methyl sites for hydroxylation is 1. The van der Waals surface area contributed by atoms with Crippen LogP contribution in [0.2, 0.25) is 5.02 Å². The van der Waals surface area contributed by atoms with E-state index in [0.29, 0.717) is 23.2 Å². The Labute approximate surface area is 119 Å². The van der Waals surface area contributed by atoms with Crippen molar-refractivity contribution >= 4 is 28.5 Å². The zero-order chi connectivity index (χ0) is 14.1. The van der Waals surface area contributed by atoms with Crippen LogP contribution in [0.1, 0.15) is 11.3 Å². The van der Waals surface area contributed by atoms with Crippen molar-refractivity contribution in [3.8, 4) is 0 Å². The summed E-state index contributed by atoms with van der Waals surface area (Å²) in [6, 6.07) is 5.66. The minimum Gasteiger partial charge on any atom is -0.361 e. The summed E-state index contributed by atoms with van der Waals surface area (Å²) in [7, 11) is 0. The number of anilines is 1. The minimum atomic E-state index is -0.246. The second-order valence-electron chi connectivity index (χ2n) is 4.45. The molecule has 0 unspecified atom stereocenters. The third-order valence-electron chi connectivity index (χ3n) is 3.04. The van der Waals surface area contributed by atoms with Gasteiger partial charge in [0.2, 0.25) is 5.95 Å². The van der Waals surface area contributed by atoms with Gasteiger partial charge < -0.3 is 10.3 Å². The maximum absolute atomic E-state index is 11.4. The molecule has 20 heavy (non-hydrogen) atoms. The van der Waals surface area contributed by atoms with E-state index >= 15 is 0 Å². The summed E-state index contributed by atoms with van der Waals surface area (Å²) in [5.41, 5.74) is 2.14. The Balaban J connectivity index is 1.84. The van der Waals surface area contributed by atoms with E-state index in [1.54, 1.807) is 6.92 Å². The van der Waals surface area contributed by atoms with E-state index in [1.165, 1.54) is 0 Å². The van der Waals surface area contributed by atoms with Gasteiger partial charge >= 0.3 is 0 Å².